The Bertz CT molecular complexity index is 325. The number of likely N-dealkylation sites (N-methyl/N-ethyl adjacent to an activating group) is 1. The highest BCUT2D eigenvalue weighted by atomic mass is 19.1. The topological polar surface area (TPSA) is 24.8 Å². The zero-order chi connectivity index (χ0) is 15.2. The highest BCUT2D eigenvalue weighted by Gasteiger charge is 2.51. The smallest absolute Gasteiger partial charge is 0.180 e. The van der Waals surface area contributed by atoms with E-state index in [9.17, 15) is 8.78 Å². The Morgan fingerprint density at radius 1 is 1.45 bits per heavy atom. The molecular formula is C15H28F2N2O. The molecule has 0 amide bonds. The van der Waals surface area contributed by atoms with Crippen LogP contribution in [0.25, 0.3) is 0 Å². The lowest BCUT2D eigenvalue weighted by molar-refractivity contribution is 0.00262. The molecule has 0 spiro atoms. The normalized spacial score (nSPS) is 31.1. The van der Waals surface area contributed by atoms with Crippen LogP contribution in [0.2, 0.25) is 0 Å². The monoisotopic (exact) mass is 290 g/mol. The molecule has 0 N–H and O–H groups in total. The summed E-state index contributed by atoms with van der Waals surface area (Å²) in [7, 11) is 1.92. The molecule has 5 heteroatoms. The second-order valence-corrected chi connectivity index (χ2v) is 5.60. The Kier molecular flexibility index (Phi) is 6.86. The van der Waals surface area contributed by atoms with Crippen molar-refractivity contribution in [2.45, 2.75) is 64.3 Å². The number of aliphatic imine (C=N–C) groups is 1. The molecule has 1 fully saturated rings. The Morgan fingerprint density at radius 2 is 2.15 bits per heavy atom. The fraction of sp³-hybridized carbons (Fsp3) is 0.933. The molecule has 1 aliphatic carbocycles. The van der Waals surface area contributed by atoms with Gasteiger partial charge in [0.2, 0.25) is 0 Å². The minimum atomic E-state index is -0.931. The van der Waals surface area contributed by atoms with E-state index >= 15 is 0 Å². The summed E-state index contributed by atoms with van der Waals surface area (Å²) in [6, 6.07) is 0. The first kappa shape index (κ1) is 17.3. The van der Waals surface area contributed by atoms with Gasteiger partial charge in [0, 0.05) is 26.3 Å². The van der Waals surface area contributed by atoms with Gasteiger partial charge >= 0.3 is 0 Å². The van der Waals surface area contributed by atoms with Crippen molar-refractivity contribution >= 4 is 5.90 Å². The van der Waals surface area contributed by atoms with E-state index in [-0.39, 0.29) is 6.10 Å². The molecule has 0 saturated heterocycles. The SMILES string of the molecule is CCCN=C(C)OC1CC(F)CC1(CCF)N(C)CC. The first-order chi connectivity index (χ1) is 9.50. The van der Waals surface area contributed by atoms with Gasteiger partial charge in [-0.15, -0.1) is 0 Å². The van der Waals surface area contributed by atoms with Gasteiger partial charge in [-0.3, -0.25) is 14.3 Å². The third-order valence-electron chi connectivity index (χ3n) is 4.28. The molecule has 0 aromatic carbocycles. The Labute approximate surface area is 121 Å². The summed E-state index contributed by atoms with van der Waals surface area (Å²) in [6.45, 7) is 6.84. The van der Waals surface area contributed by atoms with Crippen molar-refractivity contribution in [1.29, 1.82) is 0 Å². The lowest BCUT2D eigenvalue weighted by atomic mass is 9.89. The Balaban J connectivity index is 2.88. The second kappa shape index (κ2) is 7.91. The van der Waals surface area contributed by atoms with Crippen molar-refractivity contribution in [3.63, 3.8) is 0 Å². The van der Waals surface area contributed by atoms with Gasteiger partial charge in [-0.2, -0.15) is 0 Å². The van der Waals surface area contributed by atoms with Crippen LogP contribution >= 0.6 is 0 Å². The zero-order valence-corrected chi connectivity index (χ0v) is 13.2. The van der Waals surface area contributed by atoms with Gasteiger partial charge in [0.05, 0.1) is 12.2 Å². The molecule has 1 saturated carbocycles. The Morgan fingerprint density at radius 3 is 2.70 bits per heavy atom. The lowest BCUT2D eigenvalue weighted by Gasteiger charge is -2.42. The molecule has 3 nitrogen and oxygen atoms in total. The largest absolute Gasteiger partial charge is 0.476 e. The summed E-state index contributed by atoms with van der Waals surface area (Å²) < 4.78 is 32.8. The van der Waals surface area contributed by atoms with Gasteiger partial charge in [0.1, 0.15) is 12.3 Å². The molecule has 0 aliphatic heterocycles. The molecule has 118 valence electrons. The molecular weight excluding hydrogens is 262 g/mol. The van der Waals surface area contributed by atoms with E-state index in [1.165, 1.54) is 0 Å². The predicted molar refractivity (Wildman–Crippen MR) is 78.9 cm³/mol. The fourth-order valence-corrected chi connectivity index (χ4v) is 3.05. The van der Waals surface area contributed by atoms with Crippen LogP contribution in [0, 0.1) is 0 Å². The van der Waals surface area contributed by atoms with Gasteiger partial charge < -0.3 is 4.74 Å². The quantitative estimate of drug-likeness (QED) is 0.530. The predicted octanol–water partition coefficient (Wildman–Crippen LogP) is 3.38. The maximum Gasteiger partial charge on any atom is 0.180 e. The van der Waals surface area contributed by atoms with E-state index in [0.717, 1.165) is 13.0 Å². The van der Waals surface area contributed by atoms with Crippen molar-refractivity contribution < 1.29 is 13.5 Å². The van der Waals surface area contributed by atoms with Crippen LogP contribution in [0.15, 0.2) is 4.99 Å². The van der Waals surface area contributed by atoms with Crippen molar-refractivity contribution in [3.05, 3.63) is 0 Å². The van der Waals surface area contributed by atoms with Crippen LogP contribution in [0.4, 0.5) is 8.78 Å². The molecule has 1 aliphatic rings. The standard InChI is InChI=1S/C15H28F2N2O/c1-5-9-18-12(3)20-14-10-13(17)11-15(14,7-8-16)19(4)6-2/h13-14H,5-11H2,1-4H3. The number of hydrogen-bond donors (Lipinski definition) is 0. The molecule has 20 heavy (non-hydrogen) atoms. The zero-order valence-electron chi connectivity index (χ0n) is 13.2. The van der Waals surface area contributed by atoms with Crippen molar-refractivity contribution in [3.8, 4) is 0 Å². The Hall–Kier alpha value is -0.710. The average Bonchev–Trinajstić information content (AvgIpc) is 2.72. The highest BCUT2D eigenvalue weighted by Crippen LogP contribution is 2.41. The molecule has 3 unspecified atom stereocenters. The van der Waals surface area contributed by atoms with E-state index in [4.69, 9.17) is 4.74 Å². The van der Waals surface area contributed by atoms with E-state index in [0.29, 0.717) is 31.7 Å². The molecule has 0 bridgehead atoms. The van der Waals surface area contributed by atoms with Gasteiger partial charge in [-0.1, -0.05) is 13.8 Å². The summed E-state index contributed by atoms with van der Waals surface area (Å²) in [6.07, 6.45) is 0.666. The molecule has 0 radical (unpaired) electrons. The van der Waals surface area contributed by atoms with E-state index in [1.807, 2.05) is 25.8 Å². The van der Waals surface area contributed by atoms with E-state index in [1.54, 1.807) is 6.92 Å². The number of nitrogens with zero attached hydrogens (tertiary/aromatic N) is 2. The van der Waals surface area contributed by atoms with Gasteiger partial charge in [-0.05, 0) is 26.4 Å². The third kappa shape index (κ3) is 3.90. The van der Waals surface area contributed by atoms with Crippen LogP contribution in [-0.2, 0) is 4.74 Å². The summed E-state index contributed by atoms with van der Waals surface area (Å²) >= 11 is 0. The maximum absolute atomic E-state index is 13.9. The van der Waals surface area contributed by atoms with Crippen LogP contribution in [0.1, 0.15) is 46.5 Å². The molecule has 0 aromatic rings. The minimum Gasteiger partial charge on any atom is -0.476 e. The van der Waals surface area contributed by atoms with E-state index < -0.39 is 18.4 Å². The van der Waals surface area contributed by atoms with Crippen molar-refractivity contribution in [2.24, 2.45) is 4.99 Å². The number of halogens is 2. The van der Waals surface area contributed by atoms with Gasteiger partial charge in [0.25, 0.3) is 0 Å². The fourth-order valence-electron chi connectivity index (χ4n) is 3.05. The van der Waals surface area contributed by atoms with Gasteiger partial charge in [-0.25, -0.2) is 4.39 Å². The third-order valence-corrected chi connectivity index (χ3v) is 4.28. The van der Waals surface area contributed by atoms with Crippen molar-refractivity contribution in [2.75, 3.05) is 26.8 Å². The second-order valence-electron chi connectivity index (χ2n) is 5.60. The minimum absolute atomic E-state index is 0.309. The highest BCUT2D eigenvalue weighted by molar-refractivity contribution is 5.73. The first-order valence-corrected chi connectivity index (χ1v) is 7.59. The number of rotatable bonds is 7. The molecule has 1 rings (SSSR count). The van der Waals surface area contributed by atoms with Crippen LogP contribution < -0.4 is 0 Å². The average molecular weight is 290 g/mol. The van der Waals surface area contributed by atoms with Crippen LogP contribution in [0.3, 0.4) is 0 Å². The van der Waals surface area contributed by atoms with Crippen molar-refractivity contribution in [1.82, 2.24) is 4.90 Å². The summed E-state index contributed by atoms with van der Waals surface area (Å²) in [5.41, 5.74) is -0.550. The number of ether oxygens (including phenoxy) is 1. The number of hydrogen-bond acceptors (Lipinski definition) is 3. The summed E-state index contributed by atoms with van der Waals surface area (Å²) in [5, 5.41) is 0. The molecule has 3 atom stereocenters. The lowest BCUT2D eigenvalue weighted by Crippen LogP contribution is -2.53. The maximum atomic E-state index is 13.9. The van der Waals surface area contributed by atoms with Crippen LogP contribution in [0.5, 0.6) is 0 Å². The first-order valence-electron chi connectivity index (χ1n) is 7.59. The summed E-state index contributed by atoms with van der Waals surface area (Å²) in [5.74, 6) is 0.582. The van der Waals surface area contributed by atoms with E-state index in [2.05, 4.69) is 4.99 Å². The number of alkyl halides is 2. The van der Waals surface area contributed by atoms with Gasteiger partial charge in [0.15, 0.2) is 5.90 Å². The molecule has 0 aromatic heterocycles. The molecule has 0 heterocycles. The summed E-state index contributed by atoms with van der Waals surface area (Å²) in [4.78, 5) is 6.33. The van der Waals surface area contributed by atoms with Crippen LogP contribution in [-0.4, -0.2) is 55.4 Å².